The molecule has 4 aromatic rings. The van der Waals surface area contributed by atoms with Crippen molar-refractivity contribution in [3.63, 3.8) is 0 Å². The van der Waals surface area contributed by atoms with Gasteiger partial charge in [0, 0.05) is 37.8 Å². The van der Waals surface area contributed by atoms with Gasteiger partial charge in [-0.3, -0.25) is 9.59 Å². The minimum Gasteiger partial charge on any atom is -0.335 e. The third-order valence-electron chi connectivity index (χ3n) is 6.08. The predicted molar refractivity (Wildman–Crippen MR) is 129 cm³/mol. The average Bonchev–Trinajstić information content (AvgIpc) is 3.55. The first-order valence-corrected chi connectivity index (χ1v) is 12.2. The van der Waals surface area contributed by atoms with Crippen LogP contribution in [-0.4, -0.2) is 62.6 Å². The number of amides is 2. The molecule has 3 aromatic heterocycles. The zero-order valence-corrected chi connectivity index (χ0v) is 20.1. The van der Waals surface area contributed by atoms with E-state index >= 15 is 0 Å². The number of benzene rings is 1. The van der Waals surface area contributed by atoms with E-state index in [-0.39, 0.29) is 23.4 Å². The van der Waals surface area contributed by atoms with E-state index in [0.29, 0.717) is 48.5 Å². The summed E-state index contributed by atoms with van der Waals surface area (Å²) in [6.07, 6.45) is 1.68. The van der Waals surface area contributed by atoms with Gasteiger partial charge >= 0.3 is 0 Å². The Labute approximate surface area is 204 Å². The number of carbonyl (C=O) groups is 2. The Kier molecular flexibility index (Phi) is 6.06. The van der Waals surface area contributed by atoms with E-state index in [1.54, 1.807) is 27.3 Å². The van der Waals surface area contributed by atoms with E-state index in [1.165, 1.54) is 6.07 Å². The standard InChI is InChI=1S/C25H23F2N5O2S/c1-15(2)32-23-18(14-28-32)17(13-21(29-23)22-4-3-11-35-22)25(34)31-9-7-30(8-10-31)24(33)16-5-6-19(26)20(27)12-16/h3-6,11-15H,7-10H2,1-2H3. The van der Waals surface area contributed by atoms with Gasteiger partial charge in [-0.1, -0.05) is 6.07 Å². The summed E-state index contributed by atoms with van der Waals surface area (Å²) in [5.74, 6) is -2.60. The monoisotopic (exact) mass is 495 g/mol. The zero-order valence-electron chi connectivity index (χ0n) is 19.2. The van der Waals surface area contributed by atoms with Crippen molar-refractivity contribution in [1.82, 2.24) is 24.6 Å². The molecule has 1 saturated heterocycles. The van der Waals surface area contributed by atoms with Crippen LogP contribution in [0.25, 0.3) is 21.6 Å². The van der Waals surface area contributed by atoms with E-state index in [1.807, 2.05) is 42.1 Å². The van der Waals surface area contributed by atoms with E-state index < -0.39 is 11.6 Å². The van der Waals surface area contributed by atoms with E-state index in [9.17, 15) is 18.4 Å². The lowest BCUT2D eigenvalue weighted by atomic mass is 10.1. The van der Waals surface area contributed by atoms with Crippen molar-refractivity contribution < 1.29 is 18.4 Å². The van der Waals surface area contributed by atoms with Crippen LogP contribution in [0.2, 0.25) is 0 Å². The topological polar surface area (TPSA) is 71.3 Å². The summed E-state index contributed by atoms with van der Waals surface area (Å²) in [5, 5.41) is 7.11. The lowest BCUT2D eigenvalue weighted by Crippen LogP contribution is -2.50. The van der Waals surface area contributed by atoms with Crippen LogP contribution >= 0.6 is 11.3 Å². The first kappa shape index (κ1) is 23.1. The van der Waals surface area contributed by atoms with Gasteiger partial charge in [0.2, 0.25) is 0 Å². The van der Waals surface area contributed by atoms with E-state index in [0.717, 1.165) is 17.0 Å². The van der Waals surface area contributed by atoms with Crippen molar-refractivity contribution >= 4 is 34.2 Å². The molecule has 10 heteroatoms. The number of hydrogen-bond donors (Lipinski definition) is 0. The van der Waals surface area contributed by atoms with Crippen molar-refractivity contribution in [2.75, 3.05) is 26.2 Å². The number of halogens is 2. The molecule has 7 nitrogen and oxygen atoms in total. The molecule has 0 spiro atoms. The highest BCUT2D eigenvalue weighted by Crippen LogP contribution is 2.30. The van der Waals surface area contributed by atoms with Crippen LogP contribution in [0.3, 0.4) is 0 Å². The molecule has 0 saturated carbocycles. The number of rotatable bonds is 4. The normalized spacial score (nSPS) is 14.2. The Morgan fingerprint density at radius 3 is 2.31 bits per heavy atom. The molecule has 1 aromatic carbocycles. The second-order valence-corrected chi connectivity index (χ2v) is 9.61. The Hall–Kier alpha value is -3.66. The molecule has 180 valence electrons. The summed E-state index contributed by atoms with van der Waals surface area (Å²) in [4.78, 5) is 35.4. The Bertz CT molecular complexity index is 1410. The van der Waals surface area contributed by atoms with Crippen LogP contribution in [0.5, 0.6) is 0 Å². The maximum atomic E-state index is 13.6. The third kappa shape index (κ3) is 4.29. The van der Waals surface area contributed by atoms with Crippen molar-refractivity contribution in [3.8, 4) is 10.6 Å². The highest BCUT2D eigenvalue weighted by atomic mass is 32.1. The molecule has 2 amide bonds. The van der Waals surface area contributed by atoms with Crippen molar-refractivity contribution in [3.05, 3.63) is 70.7 Å². The van der Waals surface area contributed by atoms with Gasteiger partial charge in [0.05, 0.1) is 27.7 Å². The Morgan fingerprint density at radius 2 is 1.69 bits per heavy atom. The lowest BCUT2D eigenvalue weighted by Gasteiger charge is -2.35. The molecule has 0 aliphatic carbocycles. The fraction of sp³-hybridized carbons (Fsp3) is 0.280. The molecule has 0 bridgehead atoms. The van der Waals surface area contributed by atoms with E-state index in [4.69, 9.17) is 4.98 Å². The first-order chi connectivity index (χ1) is 16.8. The van der Waals surface area contributed by atoms with Gasteiger partial charge in [0.25, 0.3) is 11.8 Å². The minimum absolute atomic E-state index is 0.0763. The number of piperazine rings is 1. The van der Waals surface area contributed by atoms with E-state index in [2.05, 4.69) is 5.10 Å². The summed E-state index contributed by atoms with van der Waals surface area (Å²) >= 11 is 1.55. The van der Waals surface area contributed by atoms with Crippen molar-refractivity contribution in [2.24, 2.45) is 0 Å². The van der Waals surface area contributed by atoms with Crippen LogP contribution in [0.15, 0.2) is 48.0 Å². The van der Waals surface area contributed by atoms with Crippen LogP contribution in [-0.2, 0) is 0 Å². The van der Waals surface area contributed by atoms with Crippen LogP contribution in [0, 0.1) is 11.6 Å². The Balaban J connectivity index is 1.40. The number of thiophene rings is 1. The molecule has 0 radical (unpaired) electrons. The number of carbonyl (C=O) groups excluding carboxylic acids is 2. The Morgan fingerprint density at radius 1 is 0.971 bits per heavy atom. The lowest BCUT2D eigenvalue weighted by molar-refractivity contribution is 0.0536. The minimum atomic E-state index is -1.06. The molecule has 1 fully saturated rings. The zero-order chi connectivity index (χ0) is 24.7. The predicted octanol–water partition coefficient (Wildman–Crippen LogP) is 4.62. The average molecular weight is 496 g/mol. The van der Waals surface area contributed by atoms with Gasteiger partial charge in [-0.2, -0.15) is 5.10 Å². The summed E-state index contributed by atoms with van der Waals surface area (Å²) in [6, 6.07) is 8.90. The number of fused-ring (bicyclic) bond motifs is 1. The van der Waals surface area contributed by atoms with Crippen LogP contribution in [0.4, 0.5) is 8.78 Å². The molecule has 0 atom stereocenters. The fourth-order valence-corrected chi connectivity index (χ4v) is 4.90. The summed E-state index contributed by atoms with van der Waals surface area (Å²) in [6.45, 7) is 5.25. The van der Waals surface area contributed by atoms with Gasteiger partial charge in [0.1, 0.15) is 0 Å². The second-order valence-electron chi connectivity index (χ2n) is 8.67. The molecule has 1 aliphatic rings. The molecule has 4 heterocycles. The number of hydrogen-bond acceptors (Lipinski definition) is 5. The van der Waals surface area contributed by atoms with Crippen molar-refractivity contribution in [2.45, 2.75) is 19.9 Å². The van der Waals surface area contributed by atoms with Crippen molar-refractivity contribution in [1.29, 1.82) is 0 Å². The van der Waals surface area contributed by atoms with Crippen LogP contribution < -0.4 is 0 Å². The second kappa shape index (κ2) is 9.18. The first-order valence-electron chi connectivity index (χ1n) is 11.3. The van der Waals surface area contributed by atoms with Gasteiger partial charge in [0.15, 0.2) is 17.3 Å². The SMILES string of the molecule is CC(C)n1ncc2c(C(=O)N3CCN(C(=O)c4ccc(F)c(F)c4)CC3)cc(-c3cccs3)nc21. The number of aromatic nitrogens is 3. The molecule has 0 unspecified atom stereocenters. The molecular weight excluding hydrogens is 472 g/mol. The molecule has 0 N–H and O–H groups in total. The highest BCUT2D eigenvalue weighted by molar-refractivity contribution is 7.13. The summed E-state index contributed by atoms with van der Waals surface area (Å²) < 4.78 is 28.6. The summed E-state index contributed by atoms with van der Waals surface area (Å²) in [7, 11) is 0. The number of pyridine rings is 1. The van der Waals surface area contributed by atoms with Gasteiger partial charge in [-0.05, 0) is 49.6 Å². The highest BCUT2D eigenvalue weighted by Gasteiger charge is 2.28. The molecular formula is C25H23F2N5O2S. The smallest absolute Gasteiger partial charge is 0.254 e. The molecule has 35 heavy (non-hydrogen) atoms. The van der Waals surface area contributed by atoms with Gasteiger partial charge in [-0.15, -0.1) is 11.3 Å². The van der Waals surface area contributed by atoms with Gasteiger partial charge in [-0.25, -0.2) is 18.4 Å². The quantitative estimate of drug-likeness (QED) is 0.414. The van der Waals surface area contributed by atoms with Gasteiger partial charge < -0.3 is 9.80 Å². The molecule has 5 rings (SSSR count). The third-order valence-corrected chi connectivity index (χ3v) is 6.97. The number of nitrogens with zero attached hydrogens (tertiary/aromatic N) is 5. The maximum Gasteiger partial charge on any atom is 0.254 e. The van der Waals surface area contributed by atoms with Crippen LogP contribution in [0.1, 0.15) is 40.6 Å². The summed E-state index contributed by atoms with van der Waals surface area (Å²) in [5.41, 5.74) is 1.97. The fourth-order valence-electron chi connectivity index (χ4n) is 4.22. The molecule has 1 aliphatic heterocycles. The maximum absolute atomic E-state index is 13.6. The largest absolute Gasteiger partial charge is 0.335 e.